The van der Waals surface area contributed by atoms with E-state index in [1.54, 1.807) is 37.3 Å². The molecule has 0 aliphatic carbocycles. The van der Waals surface area contributed by atoms with E-state index in [4.69, 9.17) is 0 Å². The van der Waals surface area contributed by atoms with Crippen LogP contribution < -0.4 is 5.32 Å². The van der Waals surface area contributed by atoms with Crippen LogP contribution in [0.1, 0.15) is 27.7 Å². The van der Waals surface area contributed by atoms with Crippen LogP contribution in [0.5, 0.6) is 0 Å². The molecule has 2 aromatic rings. The van der Waals surface area contributed by atoms with Gasteiger partial charge < -0.3 is 10.4 Å². The van der Waals surface area contributed by atoms with Crippen LogP contribution in [-0.4, -0.2) is 27.2 Å². The van der Waals surface area contributed by atoms with Gasteiger partial charge in [0.05, 0.1) is 6.20 Å². The third-order valence-electron chi connectivity index (χ3n) is 2.71. The number of carboxylic acids is 1. The molecule has 1 amide bonds. The molecule has 0 bridgehead atoms. The molecule has 98 valence electrons. The number of H-pyrrole nitrogens is 1. The number of nitrogens with zero attached hydrogens (tertiary/aromatic N) is 1. The van der Waals surface area contributed by atoms with E-state index in [2.05, 4.69) is 15.5 Å². The molecule has 0 aliphatic rings. The molecule has 0 spiro atoms. The zero-order valence-electron chi connectivity index (χ0n) is 10.3. The van der Waals surface area contributed by atoms with Crippen molar-refractivity contribution in [2.45, 2.75) is 13.0 Å². The number of benzene rings is 1. The molecular formula is C13H13N3O3. The second-order valence-corrected chi connectivity index (χ2v) is 4.08. The number of hydrogen-bond donors (Lipinski definition) is 3. The number of amides is 1. The smallest absolute Gasteiger partial charge is 0.330 e. The number of rotatable bonds is 4. The SMILES string of the molecule is Cc1cn[nH]c1C(=O)NC(C(=O)O)c1ccccc1. The summed E-state index contributed by atoms with van der Waals surface area (Å²) in [6, 6.07) is 7.44. The number of carbonyl (C=O) groups excluding carboxylic acids is 1. The normalized spacial score (nSPS) is 11.8. The van der Waals surface area contributed by atoms with Crippen molar-refractivity contribution in [1.29, 1.82) is 0 Å². The molecular weight excluding hydrogens is 246 g/mol. The fraction of sp³-hybridized carbons (Fsp3) is 0.154. The molecule has 1 unspecified atom stereocenters. The van der Waals surface area contributed by atoms with E-state index in [9.17, 15) is 14.7 Å². The standard InChI is InChI=1S/C13H13N3O3/c1-8-7-14-16-10(8)12(17)15-11(13(18)19)9-5-3-2-4-6-9/h2-7,11H,1H3,(H,14,16)(H,15,17)(H,18,19). The summed E-state index contributed by atoms with van der Waals surface area (Å²) >= 11 is 0. The lowest BCUT2D eigenvalue weighted by molar-refractivity contribution is -0.139. The Bertz CT molecular complexity index is 592. The van der Waals surface area contributed by atoms with E-state index in [0.29, 0.717) is 11.1 Å². The van der Waals surface area contributed by atoms with E-state index in [1.807, 2.05) is 0 Å². The monoisotopic (exact) mass is 259 g/mol. The van der Waals surface area contributed by atoms with Gasteiger partial charge in [0.25, 0.3) is 5.91 Å². The molecule has 1 aromatic heterocycles. The Balaban J connectivity index is 2.21. The van der Waals surface area contributed by atoms with Crippen molar-refractivity contribution in [3.8, 4) is 0 Å². The van der Waals surface area contributed by atoms with Crippen molar-refractivity contribution >= 4 is 11.9 Å². The zero-order chi connectivity index (χ0) is 13.8. The minimum absolute atomic E-state index is 0.266. The predicted molar refractivity (Wildman–Crippen MR) is 67.6 cm³/mol. The van der Waals surface area contributed by atoms with Gasteiger partial charge in [0.15, 0.2) is 6.04 Å². The van der Waals surface area contributed by atoms with Crippen molar-refractivity contribution in [1.82, 2.24) is 15.5 Å². The lowest BCUT2D eigenvalue weighted by Gasteiger charge is -2.14. The van der Waals surface area contributed by atoms with Crippen molar-refractivity contribution in [3.05, 3.63) is 53.3 Å². The zero-order valence-corrected chi connectivity index (χ0v) is 10.3. The molecule has 0 saturated carbocycles. The van der Waals surface area contributed by atoms with Gasteiger partial charge in [0, 0.05) is 0 Å². The largest absolute Gasteiger partial charge is 0.479 e. The number of nitrogens with one attached hydrogen (secondary N) is 2. The lowest BCUT2D eigenvalue weighted by atomic mass is 10.1. The van der Waals surface area contributed by atoms with E-state index in [-0.39, 0.29) is 5.69 Å². The molecule has 0 aliphatic heterocycles. The lowest BCUT2D eigenvalue weighted by Crippen LogP contribution is -2.34. The van der Waals surface area contributed by atoms with Gasteiger partial charge in [-0.05, 0) is 18.1 Å². The van der Waals surface area contributed by atoms with Crippen molar-refractivity contribution in [2.24, 2.45) is 0 Å². The number of aromatic amines is 1. The number of carbonyl (C=O) groups is 2. The van der Waals surface area contributed by atoms with Gasteiger partial charge in [-0.1, -0.05) is 30.3 Å². The summed E-state index contributed by atoms with van der Waals surface area (Å²) in [5.41, 5.74) is 1.44. The summed E-state index contributed by atoms with van der Waals surface area (Å²) < 4.78 is 0. The fourth-order valence-electron chi connectivity index (χ4n) is 1.71. The highest BCUT2D eigenvalue weighted by Crippen LogP contribution is 2.14. The summed E-state index contributed by atoms with van der Waals surface area (Å²) in [4.78, 5) is 23.2. The molecule has 19 heavy (non-hydrogen) atoms. The third kappa shape index (κ3) is 2.79. The molecule has 2 rings (SSSR count). The molecule has 1 aromatic carbocycles. The van der Waals surface area contributed by atoms with Crippen molar-refractivity contribution in [2.75, 3.05) is 0 Å². The van der Waals surface area contributed by atoms with Gasteiger partial charge in [-0.25, -0.2) is 4.79 Å². The number of aryl methyl sites for hydroxylation is 1. The van der Waals surface area contributed by atoms with Gasteiger partial charge in [0.1, 0.15) is 5.69 Å². The third-order valence-corrected chi connectivity index (χ3v) is 2.71. The second-order valence-electron chi connectivity index (χ2n) is 4.08. The van der Waals surface area contributed by atoms with E-state index < -0.39 is 17.9 Å². The van der Waals surface area contributed by atoms with Crippen LogP contribution >= 0.6 is 0 Å². The van der Waals surface area contributed by atoms with Crippen molar-refractivity contribution in [3.63, 3.8) is 0 Å². The average Bonchev–Trinajstić information content (AvgIpc) is 2.82. The highest BCUT2D eigenvalue weighted by atomic mass is 16.4. The predicted octanol–water partition coefficient (Wildman–Crippen LogP) is 1.27. The Kier molecular flexibility index (Phi) is 3.61. The summed E-state index contributed by atoms with van der Waals surface area (Å²) in [6.45, 7) is 1.72. The molecule has 6 heteroatoms. The van der Waals surface area contributed by atoms with Crippen LogP contribution in [0.2, 0.25) is 0 Å². The van der Waals surface area contributed by atoms with Gasteiger partial charge in [0.2, 0.25) is 0 Å². The Morgan fingerprint density at radius 3 is 2.53 bits per heavy atom. The van der Waals surface area contributed by atoms with Crippen LogP contribution in [0.15, 0.2) is 36.5 Å². The Morgan fingerprint density at radius 1 is 1.32 bits per heavy atom. The highest BCUT2D eigenvalue weighted by molar-refractivity contribution is 5.96. The number of hydrogen-bond acceptors (Lipinski definition) is 3. The maximum atomic E-state index is 12.0. The fourth-order valence-corrected chi connectivity index (χ4v) is 1.71. The minimum Gasteiger partial charge on any atom is -0.479 e. The first kappa shape index (κ1) is 12.8. The molecule has 1 heterocycles. The van der Waals surface area contributed by atoms with Crippen LogP contribution in [-0.2, 0) is 4.79 Å². The molecule has 0 saturated heterocycles. The van der Waals surface area contributed by atoms with E-state index in [1.165, 1.54) is 6.20 Å². The quantitative estimate of drug-likeness (QED) is 0.770. The van der Waals surface area contributed by atoms with Crippen LogP contribution in [0.4, 0.5) is 0 Å². The molecule has 0 radical (unpaired) electrons. The minimum atomic E-state index is -1.11. The van der Waals surface area contributed by atoms with E-state index >= 15 is 0 Å². The van der Waals surface area contributed by atoms with Gasteiger partial charge >= 0.3 is 5.97 Å². The van der Waals surface area contributed by atoms with Crippen LogP contribution in [0, 0.1) is 6.92 Å². The topological polar surface area (TPSA) is 95.1 Å². The van der Waals surface area contributed by atoms with Crippen molar-refractivity contribution < 1.29 is 14.7 Å². The Labute approximate surface area is 109 Å². The summed E-state index contributed by atoms with van der Waals surface area (Å²) in [5.74, 6) is -1.61. The summed E-state index contributed by atoms with van der Waals surface area (Å²) in [7, 11) is 0. The van der Waals surface area contributed by atoms with Gasteiger partial charge in [-0.2, -0.15) is 5.10 Å². The molecule has 0 fully saturated rings. The highest BCUT2D eigenvalue weighted by Gasteiger charge is 2.23. The first-order valence-electron chi connectivity index (χ1n) is 5.68. The molecule has 1 atom stereocenters. The number of aromatic nitrogens is 2. The molecule has 3 N–H and O–H groups in total. The molecule has 6 nitrogen and oxygen atoms in total. The second kappa shape index (κ2) is 5.34. The number of aliphatic carboxylic acids is 1. The Morgan fingerprint density at radius 2 is 2.00 bits per heavy atom. The Hall–Kier alpha value is -2.63. The maximum absolute atomic E-state index is 12.0. The first-order valence-corrected chi connectivity index (χ1v) is 5.68. The van der Waals surface area contributed by atoms with Gasteiger partial charge in [-0.3, -0.25) is 9.89 Å². The summed E-state index contributed by atoms with van der Waals surface area (Å²) in [5, 5.41) is 17.9. The van der Waals surface area contributed by atoms with Crippen LogP contribution in [0.3, 0.4) is 0 Å². The number of carboxylic acid groups (broad SMARTS) is 1. The maximum Gasteiger partial charge on any atom is 0.330 e. The van der Waals surface area contributed by atoms with Gasteiger partial charge in [-0.15, -0.1) is 0 Å². The van der Waals surface area contributed by atoms with Crippen LogP contribution in [0.25, 0.3) is 0 Å². The van der Waals surface area contributed by atoms with E-state index in [0.717, 1.165) is 0 Å². The average molecular weight is 259 g/mol. The summed E-state index contributed by atoms with van der Waals surface area (Å²) in [6.07, 6.45) is 1.51. The first-order chi connectivity index (χ1) is 9.09.